The zero-order chi connectivity index (χ0) is 15.1. The number of thioether (sulfide) groups is 1. The maximum absolute atomic E-state index is 9.21. The molecule has 1 unspecified atom stereocenters. The quantitative estimate of drug-likeness (QED) is 0.577. The number of thiazole rings is 1. The molecule has 1 aromatic heterocycles. The number of unbranched alkanes of at least 4 members (excludes halogenated alkanes) is 1. The first-order chi connectivity index (χ1) is 10.2. The summed E-state index contributed by atoms with van der Waals surface area (Å²) in [7, 11) is 0. The second-order valence-corrected chi connectivity index (χ2v) is 7.60. The Morgan fingerprint density at radius 1 is 1.38 bits per heavy atom. The van der Waals surface area contributed by atoms with Crippen LogP contribution >= 0.6 is 23.1 Å². The van der Waals surface area contributed by atoms with E-state index in [0.29, 0.717) is 0 Å². The largest absolute Gasteiger partial charge is 0.300 e. The number of nitrogens with zero attached hydrogens (tertiary/aromatic N) is 2. The Labute approximate surface area is 134 Å². The van der Waals surface area contributed by atoms with Gasteiger partial charge >= 0.3 is 0 Å². The predicted octanol–water partition coefficient (Wildman–Crippen LogP) is 4.45. The van der Waals surface area contributed by atoms with Crippen LogP contribution in [-0.4, -0.2) is 22.8 Å². The first-order valence-corrected chi connectivity index (χ1v) is 9.12. The summed E-state index contributed by atoms with van der Waals surface area (Å²) in [6.07, 6.45) is 3.08. The molecule has 0 radical (unpaired) electrons. The minimum absolute atomic E-state index is 0.380. The fourth-order valence-electron chi connectivity index (χ4n) is 2.23. The molecule has 3 nitrogen and oxygen atoms in total. The van der Waals surface area contributed by atoms with Crippen molar-refractivity contribution >= 4 is 33.3 Å². The van der Waals surface area contributed by atoms with E-state index in [9.17, 15) is 5.26 Å². The lowest BCUT2D eigenvalue weighted by molar-refractivity contribution is 0.415. The van der Waals surface area contributed by atoms with E-state index in [4.69, 9.17) is 0 Å². The topological polar surface area (TPSA) is 48.7 Å². The van der Waals surface area contributed by atoms with E-state index in [1.54, 1.807) is 11.3 Å². The summed E-state index contributed by atoms with van der Waals surface area (Å²) >= 11 is 3.58. The van der Waals surface area contributed by atoms with Gasteiger partial charge in [0.15, 0.2) is 4.34 Å². The monoisotopic (exact) mass is 319 g/mol. The molecule has 1 aromatic carbocycles. The summed E-state index contributed by atoms with van der Waals surface area (Å²) in [6.45, 7) is 4.86. The van der Waals surface area contributed by atoms with Crippen LogP contribution in [0.3, 0.4) is 0 Å². The lowest BCUT2D eigenvalue weighted by Crippen LogP contribution is -2.40. The molecule has 0 fully saturated rings. The highest BCUT2D eigenvalue weighted by Crippen LogP contribution is 2.30. The zero-order valence-corrected chi connectivity index (χ0v) is 14.2. The second-order valence-electron chi connectivity index (χ2n) is 5.23. The highest BCUT2D eigenvalue weighted by molar-refractivity contribution is 8.01. The molecule has 0 amide bonds. The predicted molar refractivity (Wildman–Crippen MR) is 91.9 cm³/mol. The summed E-state index contributed by atoms with van der Waals surface area (Å²) in [6, 6.07) is 10.6. The van der Waals surface area contributed by atoms with Gasteiger partial charge in [0.25, 0.3) is 0 Å². The first-order valence-electron chi connectivity index (χ1n) is 7.31. The summed E-state index contributed by atoms with van der Waals surface area (Å²) in [5.74, 6) is 1.06. The number of para-hydroxylation sites is 1. The van der Waals surface area contributed by atoms with Gasteiger partial charge in [0.05, 0.1) is 16.3 Å². The number of aromatic nitrogens is 1. The molecule has 0 bridgehead atoms. The number of nitriles is 1. The molecule has 1 atom stereocenters. The number of hydrogen-bond donors (Lipinski definition) is 1. The number of nitrogens with one attached hydrogen (secondary N) is 1. The molecule has 1 heterocycles. The van der Waals surface area contributed by atoms with E-state index in [1.165, 1.54) is 4.70 Å². The molecule has 1 N–H and O–H groups in total. The van der Waals surface area contributed by atoms with Gasteiger partial charge in [0.1, 0.15) is 5.54 Å². The molecular formula is C16H21N3S2. The van der Waals surface area contributed by atoms with Crippen molar-refractivity contribution < 1.29 is 0 Å². The van der Waals surface area contributed by atoms with Gasteiger partial charge < -0.3 is 0 Å². The number of benzene rings is 1. The highest BCUT2D eigenvalue weighted by Gasteiger charge is 2.21. The molecule has 0 aliphatic rings. The van der Waals surface area contributed by atoms with E-state index in [0.717, 1.165) is 41.4 Å². The molecule has 0 aliphatic carbocycles. The number of rotatable bonds is 8. The fraction of sp³-hybridized carbons (Fsp3) is 0.500. The van der Waals surface area contributed by atoms with Crippen LogP contribution in [0, 0.1) is 11.3 Å². The maximum atomic E-state index is 9.21. The molecule has 5 heteroatoms. The first kappa shape index (κ1) is 16.3. The van der Waals surface area contributed by atoms with Crippen LogP contribution in [0.25, 0.3) is 10.2 Å². The molecule has 0 saturated carbocycles. The molecule has 0 spiro atoms. The van der Waals surface area contributed by atoms with Crippen molar-refractivity contribution in [3.05, 3.63) is 24.3 Å². The Hall–Kier alpha value is -1.09. The van der Waals surface area contributed by atoms with Gasteiger partial charge in [-0.25, -0.2) is 4.98 Å². The van der Waals surface area contributed by atoms with Gasteiger partial charge in [-0.1, -0.05) is 30.8 Å². The van der Waals surface area contributed by atoms with Gasteiger partial charge in [-0.2, -0.15) is 5.26 Å². The number of fused-ring (bicyclic) bond motifs is 1. The minimum Gasteiger partial charge on any atom is -0.300 e. The molecule has 2 rings (SSSR count). The summed E-state index contributed by atoms with van der Waals surface area (Å²) < 4.78 is 2.40. The van der Waals surface area contributed by atoms with Crippen molar-refractivity contribution in [3.63, 3.8) is 0 Å². The van der Waals surface area contributed by atoms with E-state index >= 15 is 0 Å². The van der Waals surface area contributed by atoms with Crippen LogP contribution in [0.15, 0.2) is 28.6 Å². The van der Waals surface area contributed by atoms with Crippen molar-refractivity contribution in [2.75, 3.05) is 12.3 Å². The van der Waals surface area contributed by atoms with E-state index < -0.39 is 0 Å². The zero-order valence-electron chi connectivity index (χ0n) is 12.6. The lowest BCUT2D eigenvalue weighted by atomic mass is 9.97. The number of hydrogen-bond acceptors (Lipinski definition) is 5. The van der Waals surface area contributed by atoms with E-state index in [1.807, 2.05) is 31.7 Å². The van der Waals surface area contributed by atoms with Crippen LogP contribution < -0.4 is 5.32 Å². The summed E-state index contributed by atoms with van der Waals surface area (Å²) in [4.78, 5) is 4.62. The van der Waals surface area contributed by atoms with Crippen molar-refractivity contribution in [3.8, 4) is 6.07 Å². The van der Waals surface area contributed by atoms with Crippen molar-refractivity contribution in [1.29, 1.82) is 5.26 Å². The molecule has 21 heavy (non-hydrogen) atoms. The highest BCUT2D eigenvalue weighted by atomic mass is 32.2. The fourth-order valence-corrected chi connectivity index (χ4v) is 4.36. The maximum Gasteiger partial charge on any atom is 0.151 e. The Morgan fingerprint density at radius 2 is 2.19 bits per heavy atom. The summed E-state index contributed by atoms with van der Waals surface area (Å²) in [5, 5.41) is 12.5. The van der Waals surface area contributed by atoms with E-state index in [2.05, 4.69) is 34.6 Å². The third-order valence-electron chi connectivity index (χ3n) is 3.38. The smallest absolute Gasteiger partial charge is 0.151 e. The standard InChI is InChI=1S/C16H21N3S2/c1-3-18-16(2,12-17)10-6-7-11-20-15-19-13-8-4-5-9-14(13)21-15/h4-5,8-9,18H,3,6-7,10-11H2,1-2H3. The van der Waals surface area contributed by atoms with Gasteiger partial charge in [0.2, 0.25) is 0 Å². The SMILES string of the molecule is CCNC(C)(C#N)CCCCSc1nc2ccccc2s1. The van der Waals surface area contributed by atoms with Crippen molar-refractivity contribution in [1.82, 2.24) is 10.3 Å². The van der Waals surface area contributed by atoms with Gasteiger partial charge in [-0.05, 0) is 44.9 Å². The Bertz CT molecular complexity index is 584. The van der Waals surface area contributed by atoms with Gasteiger partial charge in [-0.15, -0.1) is 11.3 Å². The van der Waals surface area contributed by atoms with Crippen LogP contribution in [-0.2, 0) is 0 Å². The lowest BCUT2D eigenvalue weighted by Gasteiger charge is -2.22. The Kier molecular flexibility index (Phi) is 6.04. The van der Waals surface area contributed by atoms with Gasteiger partial charge in [-0.3, -0.25) is 5.32 Å². The van der Waals surface area contributed by atoms with Crippen LogP contribution in [0.5, 0.6) is 0 Å². The van der Waals surface area contributed by atoms with Crippen LogP contribution in [0.2, 0.25) is 0 Å². The third-order valence-corrected chi connectivity index (χ3v) is 5.65. The van der Waals surface area contributed by atoms with Crippen molar-refractivity contribution in [2.24, 2.45) is 0 Å². The second kappa shape index (κ2) is 7.79. The van der Waals surface area contributed by atoms with Gasteiger partial charge in [0, 0.05) is 5.75 Å². The average Bonchev–Trinajstić information content (AvgIpc) is 2.90. The molecule has 112 valence electrons. The molecule has 2 aromatic rings. The van der Waals surface area contributed by atoms with Crippen LogP contribution in [0.4, 0.5) is 0 Å². The Morgan fingerprint density at radius 3 is 2.90 bits per heavy atom. The molecular weight excluding hydrogens is 298 g/mol. The summed E-state index contributed by atoms with van der Waals surface area (Å²) in [5.41, 5.74) is 0.712. The molecule has 0 aliphatic heterocycles. The third kappa shape index (κ3) is 4.70. The molecule has 0 saturated heterocycles. The Balaban J connectivity index is 1.73. The van der Waals surface area contributed by atoms with E-state index in [-0.39, 0.29) is 5.54 Å². The van der Waals surface area contributed by atoms with Crippen molar-refractivity contribution in [2.45, 2.75) is 43.0 Å². The van der Waals surface area contributed by atoms with Crippen LogP contribution in [0.1, 0.15) is 33.1 Å². The average molecular weight is 319 g/mol. The minimum atomic E-state index is -0.380. The normalized spacial score (nSPS) is 14.0.